The smallest absolute Gasteiger partial charge is 0.278 e. The molecule has 130 valence electrons. The van der Waals surface area contributed by atoms with E-state index in [1.807, 2.05) is 13.8 Å². The van der Waals surface area contributed by atoms with Crippen molar-refractivity contribution in [2.24, 2.45) is 5.92 Å². The summed E-state index contributed by atoms with van der Waals surface area (Å²) < 4.78 is 26.6. The summed E-state index contributed by atoms with van der Waals surface area (Å²) in [6.45, 7) is 4.10. The molecule has 1 aliphatic rings. The fourth-order valence-corrected chi connectivity index (χ4v) is 3.36. The number of nitrogens with zero attached hydrogens (tertiary/aromatic N) is 1. The Balaban J connectivity index is 2.02. The van der Waals surface area contributed by atoms with Gasteiger partial charge in [0.25, 0.3) is 11.8 Å². The summed E-state index contributed by atoms with van der Waals surface area (Å²) in [7, 11) is 0. The quantitative estimate of drug-likeness (QED) is 0.822. The lowest BCUT2D eigenvalue weighted by Crippen LogP contribution is -2.35. The second kappa shape index (κ2) is 6.76. The molecule has 1 N–H and O–H groups in total. The van der Waals surface area contributed by atoms with Gasteiger partial charge in [0.1, 0.15) is 5.70 Å². The Bertz CT molecular complexity index is 860. The molecule has 0 saturated heterocycles. The number of benzene rings is 1. The van der Waals surface area contributed by atoms with Crippen LogP contribution in [0.5, 0.6) is 0 Å². The minimum Gasteiger partial charge on any atom is -0.350 e. The van der Waals surface area contributed by atoms with Gasteiger partial charge in [-0.2, -0.15) is 0 Å². The zero-order valence-corrected chi connectivity index (χ0v) is 14.5. The SMILES string of the molecule is CC(C)CN1C(=O)C(Nc2ccc(F)c(F)c2)=C(c2cccs2)C1=O. The molecule has 25 heavy (non-hydrogen) atoms. The number of hydrogen-bond donors (Lipinski definition) is 1. The predicted octanol–water partition coefficient (Wildman–Crippen LogP) is 3.87. The first-order valence-corrected chi connectivity index (χ1v) is 8.63. The Labute approximate surface area is 147 Å². The third-order valence-corrected chi connectivity index (χ3v) is 4.56. The summed E-state index contributed by atoms with van der Waals surface area (Å²) in [4.78, 5) is 27.3. The molecule has 0 fully saturated rings. The van der Waals surface area contributed by atoms with Crippen molar-refractivity contribution in [2.75, 3.05) is 11.9 Å². The Kier molecular flexibility index (Phi) is 4.67. The summed E-state index contributed by atoms with van der Waals surface area (Å²) in [5.41, 5.74) is 0.542. The van der Waals surface area contributed by atoms with Gasteiger partial charge in [-0.15, -0.1) is 11.3 Å². The van der Waals surface area contributed by atoms with Crippen LogP contribution in [0.25, 0.3) is 5.57 Å². The van der Waals surface area contributed by atoms with E-state index in [2.05, 4.69) is 5.32 Å². The van der Waals surface area contributed by atoms with Gasteiger partial charge in [0.2, 0.25) is 0 Å². The number of hydrogen-bond acceptors (Lipinski definition) is 4. The molecule has 0 spiro atoms. The molecule has 2 aromatic rings. The number of carbonyl (C=O) groups excluding carboxylic acids is 2. The number of anilines is 1. The number of imide groups is 1. The molecular formula is C18H16F2N2O2S. The van der Waals surface area contributed by atoms with E-state index in [0.29, 0.717) is 4.88 Å². The molecule has 0 atom stereocenters. The van der Waals surface area contributed by atoms with E-state index >= 15 is 0 Å². The van der Waals surface area contributed by atoms with Crippen LogP contribution >= 0.6 is 11.3 Å². The van der Waals surface area contributed by atoms with Gasteiger partial charge in [-0.25, -0.2) is 8.78 Å². The van der Waals surface area contributed by atoms with E-state index < -0.39 is 17.5 Å². The van der Waals surface area contributed by atoms with Crippen molar-refractivity contribution >= 4 is 34.4 Å². The molecule has 3 rings (SSSR count). The van der Waals surface area contributed by atoms with Crippen molar-refractivity contribution in [3.63, 3.8) is 0 Å². The Morgan fingerprint density at radius 2 is 1.88 bits per heavy atom. The topological polar surface area (TPSA) is 49.4 Å². The number of halogens is 2. The lowest BCUT2D eigenvalue weighted by molar-refractivity contribution is -0.137. The van der Waals surface area contributed by atoms with Crippen LogP contribution in [0.4, 0.5) is 14.5 Å². The van der Waals surface area contributed by atoms with E-state index in [0.717, 1.165) is 12.1 Å². The van der Waals surface area contributed by atoms with Gasteiger partial charge in [-0.05, 0) is 29.5 Å². The first kappa shape index (κ1) is 17.3. The number of carbonyl (C=O) groups is 2. The summed E-state index contributed by atoms with van der Waals surface area (Å²) >= 11 is 1.34. The van der Waals surface area contributed by atoms with Crippen LogP contribution in [0.3, 0.4) is 0 Å². The molecule has 0 saturated carbocycles. The van der Waals surface area contributed by atoms with Gasteiger partial charge in [0.05, 0.1) is 5.57 Å². The van der Waals surface area contributed by atoms with E-state index in [9.17, 15) is 18.4 Å². The van der Waals surface area contributed by atoms with Gasteiger partial charge < -0.3 is 5.32 Å². The molecule has 2 heterocycles. The first-order chi connectivity index (χ1) is 11.9. The third kappa shape index (κ3) is 3.32. The summed E-state index contributed by atoms with van der Waals surface area (Å²) in [6.07, 6.45) is 0. The van der Waals surface area contributed by atoms with Crippen LogP contribution in [-0.4, -0.2) is 23.3 Å². The molecule has 7 heteroatoms. The van der Waals surface area contributed by atoms with Crippen LogP contribution < -0.4 is 5.32 Å². The van der Waals surface area contributed by atoms with Crippen molar-refractivity contribution < 1.29 is 18.4 Å². The Morgan fingerprint density at radius 1 is 1.12 bits per heavy atom. The molecule has 0 unspecified atom stereocenters. The van der Waals surface area contributed by atoms with E-state index in [1.54, 1.807) is 17.5 Å². The highest BCUT2D eigenvalue weighted by molar-refractivity contribution is 7.11. The van der Waals surface area contributed by atoms with E-state index in [-0.39, 0.29) is 35.3 Å². The molecule has 1 aliphatic heterocycles. The minimum absolute atomic E-state index is 0.0825. The normalized spacial score (nSPS) is 14.8. The van der Waals surface area contributed by atoms with Crippen molar-refractivity contribution in [3.05, 3.63) is 57.9 Å². The summed E-state index contributed by atoms with van der Waals surface area (Å²) in [5.74, 6) is -2.74. The number of thiophene rings is 1. The molecule has 1 aromatic carbocycles. The first-order valence-electron chi connectivity index (χ1n) is 7.75. The lowest BCUT2D eigenvalue weighted by atomic mass is 10.1. The average molecular weight is 362 g/mol. The molecule has 0 aliphatic carbocycles. The molecule has 4 nitrogen and oxygen atoms in total. The van der Waals surface area contributed by atoms with Gasteiger partial charge >= 0.3 is 0 Å². The van der Waals surface area contributed by atoms with Crippen molar-refractivity contribution in [1.82, 2.24) is 4.90 Å². The fraction of sp³-hybridized carbons (Fsp3) is 0.222. The monoisotopic (exact) mass is 362 g/mol. The minimum atomic E-state index is -1.03. The molecule has 0 bridgehead atoms. The third-order valence-electron chi connectivity index (χ3n) is 3.67. The zero-order chi connectivity index (χ0) is 18.1. The Morgan fingerprint density at radius 3 is 2.48 bits per heavy atom. The maximum atomic E-state index is 13.5. The van der Waals surface area contributed by atoms with Crippen LogP contribution in [0.2, 0.25) is 0 Å². The highest BCUT2D eigenvalue weighted by atomic mass is 32.1. The lowest BCUT2D eigenvalue weighted by Gasteiger charge is -2.17. The van der Waals surface area contributed by atoms with Crippen LogP contribution in [-0.2, 0) is 9.59 Å². The number of nitrogens with one attached hydrogen (secondary N) is 1. The van der Waals surface area contributed by atoms with Gasteiger partial charge in [-0.3, -0.25) is 14.5 Å². The van der Waals surface area contributed by atoms with E-state index in [1.165, 1.54) is 22.3 Å². The number of rotatable bonds is 5. The standard InChI is InChI=1S/C18H16F2N2O2S/c1-10(2)9-22-17(23)15(14-4-3-7-25-14)16(18(22)24)21-11-5-6-12(19)13(20)8-11/h3-8,10,21H,9H2,1-2H3. The van der Waals surface area contributed by atoms with Crippen LogP contribution in [0, 0.1) is 17.6 Å². The Hall–Kier alpha value is -2.54. The molecular weight excluding hydrogens is 346 g/mol. The van der Waals surface area contributed by atoms with Crippen molar-refractivity contribution in [1.29, 1.82) is 0 Å². The maximum Gasteiger partial charge on any atom is 0.278 e. The second-order valence-electron chi connectivity index (χ2n) is 6.10. The van der Waals surface area contributed by atoms with Gasteiger partial charge in [-0.1, -0.05) is 19.9 Å². The van der Waals surface area contributed by atoms with Gasteiger partial charge in [0.15, 0.2) is 11.6 Å². The summed E-state index contributed by atoms with van der Waals surface area (Å²) in [5, 5.41) is 4.60. The molecule has 0 radical (unpaired) electrons. The van der Waals surface area contributed by atoms with E-state index in [4.69, 9.17) is 0 Å². The maximum absolute atomic E-state index is 13.5. The second-order valence-corrected chi connectivity index (χ2v) is 7.04. The van der Waals surface area contributed by atoms with Crippen molar-refractivity contribution in [3.8, 4) is 0 Å². The van der Waals surface area contributed by atoms with Crippen molar-refractivity contribution in [2.45, 2.75) is 13.8 Å². The highest BCUT2D eigenvalue weighted by Crippen LogP contribution is 2.33. The molecule has 2 amide bonds. The predicted molar refractivity (Wildman–Crippen MR) is 92.8 cm³/mol. The van der Waals surface area contributed by atoms with Gasteiger partial charge in [0, 0.05) is 23.2 Å². The fourth-order valence-electron chi connectivity index (χ4n) is 2.59. The molecule has 1 aromatic heterocycles. The summed E-state index contributed by atoms with van der Waals surface area (Å²) in [6, 6.07) is 6.77. The van der Waals surface area contributed by atoms with Crippen LogP contribution in [0.1, 0.15) is 18.7 Å². The average Bonchev–Trinajstić information content (AvgIpc) is 3.14. The van der Waals surface area contributed by atoms with Crippen LogP contribution in [0.15, 0.2) is 41.4 Å². The number of amides is 2. The zero-order valence-electron chi connectivity index (χ0n) is 13.7. The highest BCUT2D eigenvalue weighted by Gasteiger charge is 2.39. The largest absolute Gasteiger partial charge is 0.350 e.